The quantitative estimate of drug-likeness (QED) is 0.667. The second-order valence-corrected chi connectivity index (χ2v) is 6.39. The molecule has 2 N–H and O–H groups in total. The van der Waals surface area contributed by atoms with E-state index in [-0.39, 0.29) is 11.8 Å². The first-order valence-corrected chi connectivity index (χ1v) is 7.73. The van der Waals surface area contributed by atoms with E-state index < -0.39 is 12.2 Å². The maximum atomic E-state index is 10.6. The van der Waals surface area contributed by atoms with E-state index in [9.17, 15) is 10.2 Å². The van der Waals surface area contributed by atoms with Crippen LogP contribution in [-0.2, 0) is 0 Å². The van der Waals surface area contributed by atoms with Gasteiger partial charge in [-0.1, -0.05) is 60.7 Å². The van der Waals surface area contributed by atoms with Crippen LogP contribution in [0.3, 0.4) is 0 Å². The summed E-state index contributed by atoms with van der Waals surface area (Å²) < 4.78 is 0. The summed E-state index contributed by atoms with van der Waals surface area (Å²) in [4.78, 5) is 0. The Hall–Kier alpha value is -2.16. The summed E-state index contributed by atoms with van der Waals surface area (Å²) in [7, 11) is 0. The van der Waals surface area contributed by atoms with Gasteiger partial charge >= 0.3 is 0 Å². The van der Waals surface area contributed by atoms with Crippen LogP contribution >= 0.6 is 0 Å². The minimum Gasteiger partial charge on any atom is -0.389 e. The maximum absolute atomic E-state index is 10.6. The van der Waals surface area contributed by atoms with Gasteiger partial charge in [0.15, 0.2) is 0 Å². The van der Waals surface area contributed by atoms with Crippen LogP contribution in [0.25, 0.3) is 10.8 Å². The van der Waals surface area contributed by atoms with E-state index in [2.05, 4.69) is 36.4 Å². The van der Waals surface area contributed by atoms with Gasteiger partial charge in [-0.15, -0.1) is 0 Å². The molecule has 0 spiro atoms. The monoisotopic (exact) mass is 288 g/mol. The summed E-state index contributed by atoms with van der Waals surface area (Å²) in [6.07, 6.45) is -1.46. The lowest BCUT2D eigenvalue weighted by molar-refractivity contribution is -0.0153. The molecule has 2 bridgehead atoms. The molecule has 0 saturated carbocycles. The summed E-state index contributed by atoms with van der Waals surface area (Å²) in [5, 5.41) is 23.5. The molecular formula is C20H16O2. The highest BCUT2D eigenvalue weighted by Gasteiger charge is 2.48. The number of fused-ring (bicyclic) bond motifs is 2. The second-order valence-electron chi connectivity index (χ2n) is 6.39. The van der Waals surface area contributed by atoms with Crippen LogP contribution < -0.4 is 0 Å². The topological polar surface area (TPSA) is 40.5 Å². The Kier molecular flexibility index (Phi) is 2.36. The molecule has 2 unspecified atom stereocenters. The van der Waals surface area contributed by atoms with Gasteiger partial charge in [0.05, 0.1) is 12.2 Å². The van der Waals surface area contributed by atoms with E-state index >= 15 is 0 Å². The van der Waals surface area contributed by atoms with Gasteiger partial charge in [0, 0.05) is 11.8 Å². The Labute approximate surface area is 128 Å². The van der Waals surface area contributed by atoms with Crippen molar-refractivity contribution in [2.75, 3.05) is 0 Å². The molecule has 3 aliphatic rings. The average molecular weight is 288 g/mol. The van der Waals surface area contributed by atoms with Crippen molar-refractivity contribution in [3.8, 4) is 0 Å². The van der Waals surface area contributed by atoms with E-state index in [0.29, 0.717) is 0 Å². The summed E-state index contributed by atoms with van der Waals surface area (Å²) in [5.74, 6) is -0.258. The van der Waals surface area contributed by atoms with Crippen molar-refractivity contribution in [2.24, 2.45) is 0 Å². The molecule has 0 amide bonds. The molecule has 0 aliphatic heterocycles. The highest BCUT2D eigenvalue weighted by Crippen LogP contribution is 2.53. The first kappa shape index (κ1) is 12.4. The van der Waals surface area contributed by atoms with Crippen LogP contribution in [-0.4, -0.2) is 22.4 Å². The lowest BCUT2D eigenvalue weighted by Gasteiger charge is -2.46. The second kappa shape index (κ2) is 4.19. The van der Waals surface area contributed by atoms with Crippen molar-refractivity contribution in [3.05, 3.63) is 82.9 Å². The van der Waals surface area contributed by atoms with E-state index in [0.717, 1.165) is 11.1 Å². The predicted octanol–water partition coefficient (Wildman–Crippen LogP) is 3.15. The van der Waals surface area contributed by atoms with Crippen LogP contribution in [0.1, 0.15) is 34.1 Å². The largest absolute Gasteiger partial charge is 0.389 e. The van der Waals surface area contributed by atoms with Crippen molar-refractivity contribution < 1.29 is 10.2 Å². The summed E-state index contributed by atoms with van der Waals surface area (Å²) in [5.41, 5.74) is 4.65. The molecule has 0 heterocycles. The molecule has 0 aromatic heterocycles. The maximum Gasteiger partial charge on any atom is 0.0917 e. The molecule has 6 rings (SSSR count). The fraction of sp³-hybridized carbons (Fsp3) is 0.200. The molecule has 22 heavy (non-hydrogen) atoms. The molecule has 4 atom stereocenters. The third kappa shape index (κ3) is 1.41. The summed E-state index contributed by atoms with van der Waals surface area (Å²) in [6, 6.07) is 20.9. The van der Waals surface area contributed by atoms with Crippen LogP contribution in [0, 0.1) is 0 Å². The lowest BCUT2D eigenvalue weighted by atomic mass is 9.61. The first-order chi connectivity index (χ1) is 10.8. The van der Waals surface area contributed by atoms with Crippen molar-refractivity contribution >= 4 is 10.8 Å². The minimum absolute atomic E-state index is 0.129. The van der Waals surface area contributed by atoms with Gasteiger partial charge in [0.1, 0.15) is 0 Å². The summed E-state index contributed by atoms with van der Waals surface area (Å²) >= 11 is 0. The normalized spacial score (nSPS) is 28.5. The number of aliphatic hydroxyl groups excluding tert-OH is 2. The number of aliphatic hydroxyl groups is 2. The van der Waals surface area contributed by atoms with E-state index in [1.807, 2.05) is 24.3 Å². The third-order valence-electron chi connectivity index (χ3n) is 5.32. The van der Waals surface area contributed by atoms with Crippen LogP contribution in [0.15, 0.2) is 60.7 Å². The Balaban J connectivity index is 1.87. The van der Waals surface area contributed by atoms with Gasteiger partial charge in [0.25, 0.3) is 0 Å². The van der Waals surface area contributed by atoms with Crippen LogP contribution in [0.2, 0.25) is 0 Å². The zero-order valence-electron chi connectivity index (χ0n) is 12.0. The molecule has 0 saturated heterocycles. The Bertz CT molecular complexity index is 826. The standard InChI is InChI=1S/C20H16O2/c21-19-17-13-7-3-4-8-14(13)18(20(19)22)16-10-12-6-2-1-5-11(12)9-15(16)17/h1-10,17-22H/t17-,18+,19?,20?. The number of rotatable bonds is 0. The smallest absolute Gasteiger partial charge is 0.0917 e. The lowest BCUT2D eigenvalue weighted by Crippen LogP contribution is -2.47. The van der Waals surface area contributed by atoms with Gasteiger partial charge in [-0.05, 0) is 33.0 Å². The highest BCUT2D eigenvalue weighted by atomic mass is 16.3. The molecule has 0 radical (unpaired) electrons. The number of hydrogen-bond donors (Lipinski definition) is 2. The molecule has 2 heteroatoms. The summed E-state index contributed by atoms with van der Waals surface area (Å²) in [6.45, 7) is 0. The molecule has 108 valence electrons. The molecule has 3 aromatic rings. The zero-order chi connectivity index (χ0) is 14.8. The van der Waals surface area contributed by atoms with Crippen molar-refractivity contribution in [2.45, 2.75) is 24.0 Å². The Morgan fingerprint density at radius 1 is 0.545 bits per heavy atom. The molecule has 0 fully saturated rings. The van der Waals surface area contributed by atoms with E-state index in [4.69, 9.17) is 0 Å². The van der Waals surface area contributed by atoms with Gasteiger partial charge in [0.2, 0.25) is 0 Å². The molecule has 3 aliphatic carbocycles. The van der Waals surface area contributed by atoms with Crippen LogP contribution in [0.4, 0.5) is 0 Å². The Morgan fingerprint density at radius 3 is 1.41 bits per heavy atom. The van der Waals surface area contributed by atoms with E-state index in [1.165, 1.54) is 21.9 Å². The fourth-order valence-electron chi connectivity index (χ4n) is 4.36. The molecular weight excluding hydrogens is 272 g/mol. The van der Waals surface area contributed by atoms with Gasteiger partial charge in [-0.3, -0.25) is 0 Å². The third-order valence-corrected chi connectivity index (χ3v) is 5.32. The molecule has 2 nitrogen and oxygen atoms in total. The highest BCUT2D eigenvalue weighted by molar-refractivity contribution is 5.85. The zero-order valence-corrected chi connectivity index (χ0v) is 12.0. The fourth-order valence-corrected chi connectivity index (χ4v) is 4.36. The van der Waals surface area contributed by atoms with Crippen LogP contribution in [0.5, 0.6) is 0 Å². The SMILES string of the molecule is OC1C(O)[C@H]2c3ccccc3[C@@H]1c1cc3ccccc3cc12. The number of benzene rings is 3. The van der Waals surface area contributed by atoms with Gasteiger partial charge in [-0.2, -0.15) is 0 Å². The Morgan fingerprint density at radius 2 is 0.955 bits per heavy atom. The molecule has 3 aromatic carbocycles. The average Bonchev–Trinajstić information content (AvgIpc) is 2.56. The van der Waals surface area contributed by atoms with Crippen molar-refractivity contribution in [1.82, 2.24) is 0 Å². The predicted molar refractivity (Wildman–Crippen MR) is 86.1 cm³/mol. The number of hydrogen-bond acceptors (Lipinski definition) is 2. The van der Waals surface area contributed by atoms with Crippen molar-refractivity contribution in [1.29, 1.82) is 0 Å². The van der Waals surface area contributed by atoms with Gasteiger partial charge < -0.3 is 10.2 Å². The minimum atomic E-state index is -0.728. The first-order valence-electron chi connectivity index (χ1n) is 7.73. The van der Waals surface area contributed by atoms with Crippen molar-refractivity contribution in [3.63, 3.8) is 0 Å². The van der Waals surface area contributed by atoms with Gasteiger partial charge in [-0.25, -0.2) is 0 Å². The van der Waals surface area contributed by atoms with E-state index in [1.54, 1.807) is 0 Å².